The molecule has 30 heavy (non-hydrogen) atoms. The van der Waals surface area contributed by atoms with E-state index in [1.165, 1.54) is 23.2 Å². The summed E-state index contributed by atoms with van der Waals surface area (Å²) < 4.78 is 5.04. The third-order valence-corrected chi connectivity index (χ3v) is 6.89. The van der Waals surface area contributed by atoms with Gasteiger partial charge < -0.3 is 14.7 Å². The molecular weight excluding hydrogens is 376 g/mol. The molecule has 2 heterocycles. The Bertz CT molecular complexity index is 864. The Morgan fingerprint density at radius 2 is 1.97 bits per heavy atom. The SMILES string of the molecule is CCc1cccc(N2CCN(CC[C@H]3C[C@H](NC(=O)c4oncc4C)C3)CC2)c1C. The normalized spacial score (nSPS) is 22.0. The molecule has 162 valence electrons. The van der Waals surface area contributed by atoms with Crippen LogP contribution in [0.4, 0.5) is 5.69 Å². The number of nitrogens with zero attached hydrogens (tertiary/aromatic N) is 3. The van der Waals surface area contributed by atoms with Crippen molar-refractivity contribution in [3.8, 4) is 0 Å². The number of benzene rings is 1. The van der Waals surface area contributed by atoms with Crippen molar-refractivity contribution in [1.29, 1.82) is 0 Å². The Morgan fingerprint density at radius 1 is 1.20 bits per heavy atom. The molecule has 4 rings (SSSR count). The summed E-state index contributed by atoms with van der Waals surface area (Å²) in [5.74, 6) is 0.927. The van der Waals surface area contributed by atoms with Gasteiger partial charge in [-0.05, 0) is 69.2 Å². The number of anilines is 1. The number of hydrogen-bond acceptors (Lipinski definition) is 5. The van der Waals surface area contributed by atoms with Crippen molar-refractivity contribution in [2.24, 2.45) is 5.92 Å². The standard InChI is InChI=1S/C24H34N4O2/c1-4-20-6-5-7-22(18(20)3)28-12-10-27(11-13-28)9-8-19-14-21(15-19)26-24(29)23-17(2)16-25-30-23/h5-7,16,19,21H,4,8-15H2,1-3H3,(H,26,29)/t19-,21-. The van der Waals surface area contributed by atoms with E-state index in [4.69, 9.17) is 4.52 Å². The van der Waals surface area contributed by atoms with Crippen LogP contribution in [0.2, 0.25) is 0 Å². The van der Waals surface area contributed by atoms with Crippen LogP contribution in [0.3, 0.4) is 0 Å². The van der Waals surface area contributed by atoms with Gasteiger partial charge in [-0.15, -0.1) is 0 Å². The summed E-state index contributed by atoms with van der Waals surface area (Å²) in [6, 6.07) is 6.99. The molecule has 0 bridgehead atoms. The Morgan fingerprint density at radius 3 is 2.63 bits per heavy atom. The van der Waals surface area contributed by atoms with Gasteiger partial charge in [-0.2, -0.15) is 0 Å². The highest BCUT2D eigenvalue weighted by Crippen LogP contribution is 2.31. The Kier molecular flexibility index (Phi) is 6.42. The van der Waals surface area contributed by atoms with Gasteiger partial charge in [0.25, 0.3) is 5.91 Å². The first-order valence-corrected chi connectivity index (χ1v) is 11.3. The summed E-state index contributed by atoms with van der Waals surface area (Å²) in [6.45, 7) is 12.0. The van der Waals surface area contributed by atoms with E-state index >= 15 is 0 Å². The zero-order valence-electron chi connectivity index (χ0n) is 18.5. The Labute approximate surface area is 179 Å². The predicted octanol–water partition coefficient (Wildman–Crippen LogP) is 3.57. The molecule has 1 aliphatic heterocycles. The molecule has 1 N–H and O–H groups in total. The third kappa shape index (κ3) is 4.53. The fourth-order valence-corrected chi connectivity index (χ4v) is 4.82. The second kappa shape index (κ2) is 9.21. The van der Waals surface area contributed by atoms with Crippen molar-refractivity contribution in [3.05, 3.63) is 46.8 Å². The smallest absolute Gasteiger partial charge is 0.290 e. The molecule has 2 aromatic rings. The maximum Gasteiger partial charge on any atom is 0.290 e. The monoisotopic (exact) mass is 410 g/mol. The number of amides is 1. The molecule has 1 saturated carbocycles. The lowest BCUT2D eigenvalue weighted by Gasteiger charge is -2.40. The summed E-state index contributed by atoms with van der Waals surface area (Å²) in [4.78, 5) is 17.3. The van der Waals surface area contributed by atoms with Gasteiger partial charge in [-0.1, -0.05) is 24.2 Å². The van der Waals surface area contributed by atoms with Crippen molar-refractivity contribution in [2.75, 3.05) is 37.6 Å². The van der Waals surface area contributed by atoms with Crippen molar-refractivity contribution >= 4 is 11.6 Å². The third-order valence-electron chi connectivity index (χ3n) is 6.89. The summed E-state index contributed by atoms with van der Waals surface area (Å²) in [7, 11) is 0. The molecule has 1 aromatic heterocycles. The van der Waals surface area contributed by atoms with E-state index in [9.17, 15) is 4.79 Å². The molecule has 1 aliphatic carbocycles. The van der Waals surface area contributed by atoms with Crippen LogP contribution < -0.4 is 10.2 Å². The maximum atomic E-state index is 12.2. The van der Waals surface area contributed by atoms with E-state index in [0.717, 1.165) is 57.5 Å². The van der Waals surface area contributed by atoms with Crippen molar-refractivity contribution in [2.45, 2.75) is 52.5 Å². The van der Waals surface area contributed by atoms with Crippen LogP contribution in [-0.4, -0.2) is 54.7 Å². The van der Waals surface area contributed by atoms with Gasteiger partial charge in [0.2, 0.25) is 5.76 Å². The lowest BCUT2D eigenvalue weighted by atomic mass is 9.78. The van der Waals surface area contributed by atoms with Gasteiger partial charge in [0.05, 0.1) is 6.20 Å². The number of hydrogen-bond donors (Lipinski definition) is 1. The highest BCUT2D eigenvalue weighted by Gasteiger charge is 2.32. The molecule has 2 fully saturated rings. The van der Waals surface area contributed by atoms with E-state index in [-0.39, 0.29) is 11.9 Å². The predicted molar refractivity (Wildman–Crippen MR) is 119 cm³/mol. The molecule has 2 aliphatic rings. The van der Waals surface area contributed by atoms with Crippen LogP contribution in [-0.2, 0) is 6.42 Å². The minimum Gasteiger partial charge on any atom is -0.369 e. The first-order chi connectivity index (χ1) is 14.5. The quantitative estimate of drug-likeness (QED) is 0.756. The highest BCUT2D eigenvalue weighted by molar-refractivity contribution is 5.92. The van der Waals surface area contributed by atoms with Crippen molar-refractivity contribution in [1.82, 2.24) is 15.4 Å². The molecule has 1 saturated heterocycles. The molecule has 6 heteroatoms. The van der Waals surface area contributed by atoms with Gasteiger partial charge >= 0.3 is 0 Å². The lowest BCUT2D eigenvalue weighted by molar-refractivity contribution is 0.0840. The zero-order chi connectivity index (χ0) is 21.1. The minimum absolute atomic E-state index is 0.132. The molecule has 0 radical (unpaired) electrons. The second-order valence-electron chi connectivity index (χ2n) is 8.88. The van der Waals surface area contributed by atoms with Crippen molar-refractivity contribution in [3.63, 3.8) is 0 Å². The number of aryl methyl sites for hydroxylation is 2. The molecule has 0 unspecified atom stereocenters. The highest BCUT2D eigenvalue weighted by atomic mass is 16.5. The molecule has 1 amide bonds. The summed E-state index contributed by atoms with van der Waals surface area (Å²) >= 11 is 0. The topological polar surface area (TPSA) is 61.6 Å². The fourth-order valence-electron chi connectivity index (χ4n) is 4.82. The number of carbonyl (C=O) groups excluding carboxylic acids is 1. The van der Waals surface area contributed by atoms with E-state index in [2.05, 4.69) is 52.3 Å². The van der Waals surface area contributed by atoms with Gasteiger partial charge in [0.1, 0.15) is 0 Å². The van der Waals surface area contributed by atoms with Gasteiger partial charge in [0, 0.05) is 43.5 Å². The second-order valence-corrected chi connectivity index (χ2v) is 8.88. The van der Waals surface area contributed by atoms with Crippen LogP contribution in [0.25, 0.3) is 0 Å². The Balaban J connectivity index is 1.16. The maximum absolute atomic E-state index is 12.2. The average molecular weight is 411 g/mol. The fraction of sp³-hybridized carbons (Fsp3) is 0.583. The molecule has 1 aromatic carbocycles. The summed E-state index contributed by atoms with van der Waals surface area (Å²) in [5.41, 5.74) is 5.10. The zero-order valence-corrected chi connectivity index (χ0v) is 18.5. The first kappa shape index (κ1) is 20.9. The molecular formula is C24H34N4O2. The van der Waals surface area contributed by atoms with E-state index in [0.29, 0.717) is 11.7 Å². The molecule has 6 nitrogen and oxygen atoms in total. The van der Waals surface area contributed by atoms with Crippen LogP contribution in [0.1, 0.15) is 53.4 Å². The van der Waals surface area contributed by atoms with Crippen molar-refractivity contribution < 1.29 is 9.32 Å². The van der Waals surface area contributed by atoms with E-state index < -0.39 is 0 Å². The van der Waals surface area contributed by atoms with Gasteiger partial charge in [-0.25, -0.2) is 0 Å². The van der Waals surface area contributed by atoms with Crippen LogP contribution in [0.15, 0.2) is 28.9 Å². The van der Waals surface area contributed by atoms with E-state index in [1.807, 2.05) is 6.92 Å². The average Bonchev–Trinajstić information content (AvgIpc) is 3.16. The van der Waals surface area contributed by atoms with Crippen LogP contribution in [0.5, 0.6) is 0 Å². The largest absolute Gasteiger partial charge is 0.369 e. The lowest BCUT2D eigenvalue weighted by Crippen LogP contribution is -2.48. The number of nitrogens with one attached hydrogen (secondary N) is 1. The first-order valence-electron chi connectivity index (χ1n) is 11.3. The molecule has 0 atom stereocenters. The number of piperazine rings is 1. The number of aromatic nitrogens is 1. The Hall–Kier alpha value is -2.34. The molecule has 0 spiro atoms. The summed E-state index contributed by atoms with van der Waals surface area (Å²) in [5, 5.41) is 6.76. The number of rotatable bonds is 7. The van der Waals surface area contributed by atoms with E-state index in [1.54, 1.807) is 6.20 Å². The van der Waals surface area contributed by atoms with Crippen LogP contribution >= 0.6 is 0 Å². The van der Waals surface area contributed by atoms with Gasteiger partial charge in [0.15, 0.2) is 0 Å². The van der Waals surface area contributed by atoms with Gasteiger partial charge in [-0.3, -0.25) is 9.69 Å². The summed E-state index contributed by atoms with van der Waals surface area (Å²) in [6.07, 6.45) is 6.04. The van der Waals surface area contributed by atoms with Crippen LogP contribution in [0, 0.1) is 19.8 Å². The number of carbonyl (C=O) groups is 1. The minimum atomic E-state index is -0.132.